The second-order valence-corrected chi connectivity index (χ2v) is 5.19. The molecule has 108 valence electrons. The average Bonchev–Trinajstić information content (AvgIpc) is 2.78. The Labute approximate surface area is 119 Å². The number of nitrogens with one attached hydrogen (secondary N) is 1. The zero-order chi connectivity index (χ0) is 14.5. The minimum atomic E-state index is 0.0277. The summed E-state index contributed by atoms with van der Waals surface area (Å²) < 4.78 is 3.45. The number of anilines is 1. The van der Waals surface area contributed by atoms with E-state index in [2.05, 4.69) is 17.2 Å². The molecule has 0 amide bonds. The highest BCUT2D eigenvalue weighted by Gasteiger charge is 2.06. The molecule has 2 aromatic rings. The molecular formula is C15H22N4O. The third-order valence-electron chi connectivity index (χ3n) is 3.16. The van der Waals surface area contributed by atoms with Crippen LogP contribution in [0.25, 0.3) is 0 Å². The van der Waals surface area contributed by atoms with Crippen LogP contribution in [-0.2, 0) is 6.54 Å². The Hall–Kier alpha value is -2.04. The fourth-order valence-corrected chi connectivity index (χ4v) is 2.06. The van der Waals surface area contributed by atoms with Crippen LogP contribution in [-0.4, -0.2) is 20.7 Å². The van der Waals surface area contributed by atoms with E-state index in [-0.39, 0.29) is 11.7 Å². The lowest BCUT2D eigenvalue weighted by molar-refractivity contribution is 0.561. The molecule has 0 atom stereocenters. The van der Waals surface area contributed by atoms with Crippen LogP contribution in [0.5, 0.6) is 0 Å². The summed E-state index contributed by atoms with van der Waals surface area (Å²) >= 11 is 0. The lowest BCUT2D eigenvalue weighted by Crippen LogP contribution is -2.25. The summed E-state index contributed by atoms with van der Waals surface area (Å²) in [4.78, 5) is 16.4. The largest absolute Gasteiger partial charge is 0.370 e. The van der Waals surface area contributed by atoms with Gasteiger partial charge in [0.25, 0.3) is 0 Å². The van der Waals surface area contributed by atoms with E-state index in [1.807, 2.05) is 38.4 Å². The van der Waals surface area contributed by atoms with Crippen molar-refractivity contribution < 1.29 is 0 Å². The first-order valence-corrected chi connectivity index (χ1v) is 7.08. The highest BCUT2D eigenvalue weighted by atomic mass is 16.1. The molecule has 5 heteroatoms. The molecule has 0 aliphatic heterocycles. The summed E-state index contributed by atoms with van der Waals surface area (Å²) in [6, 6.07) is 4.12. The molecule has 20 heavy (non-hydrogen) atoms. The van der Waals surface area contributed by atoms with Gasteiger partial charge >= 0.3 is 5.69 Å². The number of hydrogen-bond donors (Lipinski definition) is 1. The average molecular weight is 274 g/mol. The van der Waals surface area contributed by atoms with E-state index in [4.69, 9.17) is 0 Å². The van der Waals surface area contributed by atoms with Crippen molar-refractivity contribution >= 4 is 5.82 Å². The first kappa shape index (κ1) is 14.4. The predicted octanol–water partition coefficient (Wildman–Crippen LogP) is 2.50. The van der Waals surface area contributed by atoms with Crippen molar-refractivity contribution in [1.29, 1.82) is 0 Å². The van der Waals surface area contributed by atoms with Crippen LogP contribution in [0.15, 0.2) is 35.5 Å². The van der Waals surface area contributed by atoms with E-state index in [0.717, 1.165) is 24.3 Å². The van der Waals surface area contributed by atoms with Crippen LogP contribution >= 0.6 is 0 Å². The van der Waals surface area contributed by atoms with E-state index in [1.165, 1.54) is 0 Å². The molecule has 0 saturated heterocycles. The third-order valence-corrected chi connectivity index (χ3v) is 3.16. The van der Waals surface area contributed by atoms with Crippen molar-refractivity contribution in [2.45, 2.75) is 39.8 Å². The van der Waals surface area contributed by atoms with E-state index in [9.17, 15) is 4.79 Å². The van der Waals surface area contributed by atoms with Gasteiger partial charge in [-0.2, -0.15) is 0 Å². The Morgan fingerprint density at radius 2 is 2.15 bits per heavy atom. The molecule has 2 rings (SSSR count). The third kappa shape index (κ3) is 3.29. The van der Waals surface area contributed by atoms with Gasteiger partial charge in [0.1, 0.15) is 5.82 Å². The van der Waals surface area contributed by atoms with E-state index < -0.39 is 0 Å². The van der Waals surface area contributed by atoms with E-state index in [1.54, 1.807) is 15.3 Å². The van der Waals surface area contributed by atoms with Crippen LogP contribution in [0, 0.1) is 0 Å². The monoisotopic (exact) mass is 274 g/mol. The first-order valence-electron chi connectivity index (χ1n) is 7.08. The van der Waals surface area contributed by atoms with Crippen molar-refractivity contribution in [1.82, 2.24) is 14.1 Å². The summed E-state index contributed by atoms with van der Waals surface area (Å²) in [5.41, 5.74) is 1.10. The van der Waals surface area contributed by atoms with Crippen LogP contribution in [0.2, 0.25) is 0 Å². The van der Waals surface area contributed by atoms with E-state index >= 15 is 0 Å². The number of aromatic nitrogens is 3. The van der Waals surface area contributed by atoms with Crippen molar-refractivity contribution in [3.05, 3.63) is 46.8 Å². The van der Waals surface area contributed by atoms with Gasteiger partial charge in [0.05, 0.1) is 6.54 Å². The molecule has 0 radical (unpaired) electrons. The summed E-state index contributed by atoms with van der Waals surface area (Å²) in [6.45, 7) is 7.60. The molecule has 2 aromatic heterocycles. The smallest absolute Gasteiger partial charge is 0.328 e. The topological polar surface area (TPSA) is 51.9 Å². The number of pyridine rings is 1. The summed E-state index contributed by atoms with van der Waals surface area (Å²) in [5.74, 6) is 0.862. The van der Waals surface area contributed by atoms with Gasteiger partial charge in [0.2, 0.25) is 0 Å². The molecule has 0 spiro atoms. The van der Waals surface area contributed by atoms with Gasteiger partial charge < -0.3 is 5.32 Å². The summed E-state index contributed by atoms with van der Waals surface area (Å²) in [6.07, 6.45) is 6.51. The fourth-order valence-electron chi connectivity index (χ4n) is 2.06. The molecular weight excluding hydrogens is 252 g/mol. The van der Waals surface area contributed by atoms with Gasteiger partial charge in [-0.05, 0) is 38.0 Å². The van der Waals surface area contributed by atoms with Crippen molar-refractivity contribution in [2.24, 2.45) is 0 Å². The van der Waals surface area contributed by atoms with Crippen molar-refractivity contribution in [3.8, 4) is 0 Å². The van der Waals surface area contributed by atoms with Gasteiger partial charge in [-0.3, -0.25) is 9.13 Å². The molecule has 1 N–H and O–H groups in total. The number of imidazole rings is 1. The van der Waals surface area contributed by atoms with Gasteiger partial charge in [0.15, 0.2) is 0 Å². The molecule has 0 saturated carbocycles. The Morgan fingerprint density at radius 3 is 2.80 bits per heavy atom. The summed E-state index contributed by atoms with van der Waals surface area (Å²) in [7, 11) is 0. The first-order chi connectivity index (χ1) is 9.61. The normalized spacial score (nSPS) is 11.0. The SMILES string of the molecule is CCCNc1cc(Cn2ccn(C(C)C)c2=O)ccn1. The van der Waals surface area contributed by atoms with Gasteiger partial charge in [-0.1, -0.05) is 6.92 Å². The fraction of sp³-hybridized carbons (Fsp3) is 0.467. The highest BCUT2D eigenvalue weighted by Crippen LogP contribution is 2.08. The van der Waals surface area contributed by atoms with Crippen LogP contribution < -0.4 is 11.0 Å². The lowest BCUT2D eigenvalue weighted by Gasteiger charge is -2.07. The number of rotatable bonds is 6. The molecule has 0 unspecified atom stereocenters. The molecule has 0 aliphatic carbocycles. The Morgan fingerprint density at radius 1 is 1.35 bits per heavy atom. The number of hydrogen-bond acceptors (Lipinski definition) is 3. The van der Waals surface area contributed by atoms with E-state index in [0.29, 0.717) is 6.54 Å². The molecule has 0 aliphatic rings. The maximum atomic E-state index is 12.2. The van der Waals surface area contributed by atoms with Crippen LogP contribution in [0.4, 0.5) is 5.82 Å². The maximum absolute atomic E-state index is 12.2. The quantitative estimate of drug-likeness (QED) is 0.880. The van der Waals surface area contributed by atoms with Crippen molar-refractivity contribution in [2.75, 3.05) is 11.9 Å². The van der Waals surface area contributed by atoms with Crippen LogP contribution in [0.3, 0.4) is 0 Å². The second kappa shape index (κ2) is 6.41. The zero-order valence-corrected chi connectivity index (χ0v) is 12.3. The Kier molecular flexibility index (Phi) is 4.61. The molecule has 0 fully saturated rings. The predicted molar refractivity (Wildman–Crippen MR) is 81.2 cm³/mol. The van der Waals surface area contributed by atoms with Gasteiger partial charge in [-0.25, -0.2) is 9.78 Å². The molecule has 2 heterocycles. The lowest BCUT2D eigenvalue weighted by atomic mass is 10.2. The maximum Gasteiger partial charge on any atom is 0.328 e. The van der Waals surface area contributed by atoms with Crippen molar-refractivity contribution in [3.63, 3.8) is 0 Å². The van der Waals surface area contributed by atoms with Gasteiger partial charge in [-0.15, -0.1) is 0 Å². The van der Waals surface area contributed by atoms with Crippen LogP contribution in [0.1, 0.15) is 38.8 Å². The second-order valence-electron chi connectivity index (χ2n) is 5.19. The Balaban J connectivity index is 2.16. The minimum Gasteiger partial charge on any atom is -0.370 e. The molecule has 5 nitrogen and oxygen atoms in total. The highest BCUT2D eigenvalue weighted by molar-refractivity contribution is 5.37. The number of nitrogens with zero attached hydrogens (tertiary/aromatic N) is 3. The summed E-state index contributed by atoms with van der Waals surface area (Å²) in [5, 5.41) is 3.25. The Bertz CT molecular complexity index is 612. The van der Waals surface area contributed by atoms with Gasteiger partial charge in [0, 0.05) is 31.2 Å². The minimum absolute atomic E-state index is 0.0277. The molecule has 0 bridgehead atoms. The molecule has 0 aromatic carbocycles. The zero-order valence-electron chi connectivity index (χ0n) is 12.3. The standard InChI is InChI=1S/C15H22N4O/c1-4-6-16-14-10-13(5-7-17-14)11-18-8-9-19(12(2)3)15(18)20/h5,7-10,12H,4,6,11H2,1-3H3,(H,16,17).